The highest BCUT2D eigenvalue weighted by Gasteiger charge is 2.19. The summed E-state index contributed by atoms with van der Waals surface area (Å²) in [5.74, 6) is 0.497. The third kappa shape index (κ3) is 3.61. The lowest BCUT2D eigenvalue weighted by molar-refractivity contribution is -0.115. The molecule has 4 rings (SSSR count). The molecule has 1 amide bonds. The molecule has 0 atom stereocenters. The number of fused-ring (bicyclic) bond motifs is 1. The predicted octanol–water partition coefficient (Wildman–Crippen LogP) is 2.25. The van der Waals surface area contributed by atoms with Gasteiger partial charge in [0.1, 0.15) is 5.69 Å². The Kier molecular flexibility index (Phi) is 4.72. The Balaban J connectivity index is 1.50. The van der Waals surface area contributed by atoms with Gasteiger partial charge in [-0.05, 0) is 26.0 Å². The van der Waals surface area contributed by atoms with Gasteiger partial charge in [0.2, 0.25) is 11.9 Å². The summed E-state index contributed by atoms with van der Waals surface area (Å²) >= 11 is 0. The molecule has 0 spiro atoms. The van der Waals surface area contributed by atoms with Crippen molar-refractivity contribution in [3.8, 4) is 0 Å². The first kappa shape index (κ1) is 17.4. The van der Waals surface area contributed by atoms with Crippen LogP contribution in [-0.4, -0.2) is 47.3 Å². The number of anilines is 2. The van der Waals surface area contributed by atoms with Crippen LogP contribution in [0.5, 0.6) is 0 Å². The number of carbonyl (C=O) groups is 1. The van der Waals surface area contributed by atoms with Crippen molar-refractivity contribution in [2.45, 2.75) is 20.3 Å². The molecule has 1 fully saturated rings. The molecular formula is C19H21N5O3. The van der Waals surface area contributed by atoms with Gasteiger partial charge in [0.15, 0.2) is 5.58 Å². The molecule has 3 heterocycles. The van der Waals surface area contributed by atoms with Crippen LogP contribution in [0.3, 0.4) is 0 Å². The van der Waals surface area contributed by atoms with Crippen molar-refractivity contribution in [2.75, 3.05) is 36.5 Å². The fourth-order valence-corrected chi connectivity index (χ4v) is 3.19. The lowest BCUT2D eigenvalue weighted by Crippen LogP contribution is -2.37. The van der Waals surface area contributed by atoms with E-state index in [1.54, 1.807) is 0 Å². The maximum atomic E-state index is 12.5. The third-order valence-corrected chi connectivity index (χ3v) is 4.60. The van der Waals surface area contributed by atoms with Crippen LogP contribution >= 0.6 is 0 Å². The predicted molar refractivity (Wildman–Crippen MR) is 101 cm³/mol. The first-order valence-corrected chi connectivity index (χ1v) is 8.93. The number of nitrogens with one attached hydrogen (secondary N) is 1. The van der Waals surface area contributed by atoms with Crippen molar-refractivity contribution in [3.05, 3.63) is 41.3 Å². The number of rotatable bonds is 4. The van der Waals surface area contributed by atoms with E-state index in [1.807, 2.05) is 38.1 Å². The van der Waals surface area contributed by atoms with Gasteiger partial charge in [0.25, 0.3) is 0 Å². The van der Waals surface area contributed by atoms with Gasteiger partial charge in [0, 0.05) is 18.5 Å². The number of hydrogen-bond acceptors (Lipinski definition) is 7. The van der Waals surface area contributed by atoms with E-state index in [0.29, 0.717) is 36.1 Å². The van der Waals surface area contributed by atoms with Crippen LogP contribution in [0.15, 0.2) is 28.8 Å². The molecule has 1 aliphatic heterocycles. The van der Waals surface area contributed by atoms with Gasteiger partial charge in [-0.2, -0.15) is 0 Å². The number of aromatic nitrogens is 3. The molecular weight excluding hydrogens is 346 g/mol. The second-order valence-corrected chi connectivity index (χ2v) is 6.52. The van der Waals surface area contributed by atoms with Crippen molar-refractivity contribution in [1.82, 2.24) is 15.1 Å². The first-order chi connectivity index (χ1) is 13.1. The second-order valence-electron chi connectivity index (χ2n) is 6.52. The summed E-state index contributed by atoms with van der Waals surface area (Å²) in [5.41, 5.74) is 3.41. The number of amides is 1. The molecule has 0 bridgehead atoms. The number of ether oxygens (including phenoxy) is 1. The molecule has 0 unspecified atom stereocenters. The summed E-state index contributed by atoms with van der Waals surface area (Å²) in [5, 5.41) is 7.78. The Morgan fingerprint density at radius 2 is 1.85 bits per heavy atom. The lowest BCUT2D eigenvalue weighted by atomic mass is 10.1. The van der Waals surface area contributed by atoms with Gasteiger partial charge in [-0.25, -0.2) is 9.97 Å². The SMILES string of the molecule is Cc1nc(N2CCOCC2)nc(C)c1NC(=O)Cc1noc2ccccc12. The molecule has 140 valence electrons. The Bertz CT molecular complexity index is 955. The molecule has 8 nitrogen and oxygen atoms in total. The zero-order valence-electron chi connectivity index (χ0n) is 15.4. The number of hydrogen-bond donors (Lipinski definition) is 1. The Labute approximate surface area is 156 Å². The highest BCUT2D eigenvalue weighted by Crippen LogP contribution is 2.22. The maximum absolute atomic E-state index is 12.5. The summed E-state index contributed by atoms with van der Waals surface area (Å²) < 4.78 is 10.6. The Hall–Kier alpha value is -3.00. The molecule has 3 aromatic rings. The number of morpholine rings is 1. The van der Waals surface area contributed by atoms with Crippen LogP contribution in [0.1, 0.15) is 17.1 Å². The van der Waals surface area contributed by atoms with Crippen molar-refractivity contribution >= 4 is 28.5 Å². The molecule has 1 aliphatic rings. The van der Waals surface area contributed by atoms with Crippen molar-refractivity contribution in [1.29, 1.82) is 0 Å². The number of para-hydroxylation sites is 1. The van der Waals surface area contributed by atoms with Gasteiger partial charge >= 0.3 is 0 Å². The summed E-state index contributed by atoms with van der Waals surface area (Å²) in [7, 11) is 0. The van der Waals surface area contributed by atoms with Gasteiger partial charge in [-0.1, -0.05) is 17.3 Å². The average Bonchev–Trinajstić information content (AvgIpc) is 3.08. The Morgan fingerprint density at radius 1 is 1.15 bits per heavy atom. The minimum absolute atomic E-state index is 0.126. The van der Waals surface area contributed by atoms with E-state index in [0.717, 1.165) is 29.9 Å². The molecule has 0 aliphatic carbocycles. The minimum atomic E-state index is -0.178. The normalized spacial score (nSPS) is 14.5. The van der Waals surface area contributed by atoms with E-state index >= 15 is 0 Å². The monoisotopic (exact) mass is 367 g/mol. The smallest absolute Gasteiger partial charge is 0.230 e. The molecule has 0 radical (unpaired) electrons. The summed E-state index contributed by atoms with van der Waals surface area (Å²) in [6, 6.07) is 7.49. The van der Waals surface area contributed by atoms with E-state index < -0.39 is 0 Å². The van der Waals surface area contributed by atoms with E-state index in [1.165, 1.54) is 0 Å². The van der Waals surface area contributed by atoms with Gasteiger partial charge in [-0.3, -0.25) is 4.79 Å². The zero-order valence-corrected chi connectivity index (χ0v) is 15.4. The minimum Gasteiger partial charge on any atom is -0.378 e. The number of benzene rings is 1. The quantitative estimate of drug-likeness (QED) is 0.756. The van der Waals surface area contributed by atoms with Crippen LogP contribution in [0.25, 0.3) is 11.0 Å². The van der Waals surface area contributed by atoms with E-state index in [4.69, 9.17) is 9.26 Å². The fraction of sp³-hybridized carbons (Fsp3) is 0.368. The number of carbonyl (C=O) groups excluding carboxylic acids is 1. The Morgan fingerprint density at radius 3 is 2.59 bits per heavy atom. The molecule has 2 aromatic heterocycles. The standard InChI is InChI=1S/C19H21N5O3/c1-12-18(13(2)21-19(20-12)24-7-9-26-10-8-24)22-17(25)11-15-14-5-3-4-6-16(14)27-23-15/h3-6H,7-11H2,1-2H3,(H,22,25). The van der Waals surface area contributed by atoms with E-state index in [2.05, 4.69) is 25.3 Å². The van der Waals surface area contributed by atoms with Crippen LogP contribution in [0.2, 0.25) is 0 Å². The summed E-state index contributed by atoms with van der Waals surface area (Å²) in [6.07, 6.45) is 0.126. The zero-order chi connectivity index (χ0) is 18.8. The van der Waals surface area contributed by atoms with Crippen LogP contribution < -0.4 is 10.2 Å². The lowest BCUT2D eigenvalue weighted by Gasteiger charge is -2.27. The topological polar surface area (TPSA) is 93.4 Å². The summed E-state index contributed by atoms with van der Waals surface area (Å²) in [6.45, 7) is 6.63. The third-order valence-electron chi connectivity index (χ3n) is 4.60. The van der Waals surface area contributed by atoms with Gasteiger partial charge in [-0.15, -0.1) is 0 Å². The maximum Gasteiger partial charge on any atom is 0.230 e. The van der Waals surface area contributed by atoms with Gasteiger partial charge in [0.05, 0.1) is 36.7 Å². The highest BCUT2D eigenvalue weighted by molar-refractivity contribution is 5.95. The highest BCUT2D eigenvalue weighted by atomic mass is 16.5. The first-order valence-electron chi connectivity index (χ1n) is 8.93. The molecule has 27 heavy (non-hydrogen) atoms. The number of aryl methyl sites for hydroxylation is 2. The largest absolute Gasteiger partial charge is 0.378 e. The molecule has 1 aromatic carbocycles. The fourth-order valence-electron chi connectivity index (χ4n) is 3.19. The molecule has 8 heteroatoms. The number of nitrogens with zero attached hydrogens (tertiary/aromatic N) is 4. The van der Waals surface area contributed by atoms with E-state index in [-0.39, 0.29) is 12.3 Å². The average molecular weight is 367 g/mol. The van der Waals surface area contributed by atoms with Crippen LogP contribution in [-0.2, 0) is 16.0 Å². The molecule has 1 N–H and O–H groups in total. The van der Waals surface area contributed by atoms with Crippen LogP contribution in [0, 0.1) is 13.8 Å². The second kappa shape index (κ2) is 7.32. The van der Waals surface area contributed by atoms with Crippen LogP contribution in [0.4, 0.5) is 11.6 Å². The van der Waals surface area contributed by atoms with E-state index in [9.17, 15) is 4.79 Å². The van der Waals surface area contributed by atoms with Crippen molar-refractivity contribution in [3.63, 3.8) is 0 Å². The summed E-state index contributed by atoms with van der Waals surface area (Å²) in [4.78, 5) is 23.8. The van der Waals surface area contributed by atoms with Crippen molar-refractivity contribution < 1.29 is 14.1 Å². The van der Waals surface area contributed by atoms with Crippen molar-refractivity contribution in [2.24, 2.45) is 0 Å². The van der Waals surface area contributed by atoms with Gasteiger partial charge < -0.3 is 19.5 Å². The molecule has 1 saturated heterocycles. The molecule has 0 saturated carbocycles.